The summed E-state index contributed by atoms with van der Waals surface area (Å²) < 4.78 is 0. The van der Waals surface area contributed by atoms with Gasteiger partial charge in [-0.3, -0.25) is 0 Å². The van der Waals surface area contributed by atoms with Gasteiger partial charge in [0.25, 0.3) is 0 Å². The first kappa shape index (κ1) is 25.5. The Morgan fingerprint density at radius 1 is 1.14 bits per heavy atom. The van der Waals surface area contributed by atoms with Crippen molar-refractivity contribution in [2.75, 3.05) is 32.4 Å². The summed E-state index contributed by atoms with van der Waals surface area (Å²) in [4.78, 5) is 2.43. The second-order valence-corrected chi connectivity index (χ2v) is 5.25. The molecule has 21 heavy (non-hydrogen) atoms. The molecule has 0 heterocycles. The topological polar surface area (TPSA) is 15.3 Å². The standard InChI is InChI=1S/C9H20N2.C7H14S.C2H6/c1-4-8-11(6-3)9-7-10-5-2;1-4-5-7(2)6-8-3;1-2/h5,10H,2,4,6-9H2,1,3H3;6H,4-5H2,1-3H3;1-2H3/b;7-6-;. The van der Waals surface area contributed by atoms with Crippen LogP contribution in [-0.4, -0.2) is 37.3 Å². The molecule has 0 aromatic rings. The molecule has 0 atom stereocenters. The van der Waals surface area contributed by atoms with Crippen LogP contribution >= 0.6 is 11.8 Å². The Bertz CT molecular complexity index is 215. The van der Waals surface area contributed by atoms with E-state index >= 15 is 0 Å². The Labute approximate surface area is 139 Å². The number of rotatable bonds is 10. The van der Waals surface area contributed by atoms with Gasteiger partial charge in [-0.25, -0.2) is 0 Å². The van der Waals surface area contributed by atoms with E-state index in [1.54, 1.807) is 18.0 Å². The molecule has 0 unspecified atom stereocenters. The maximum absolute atomic E-state index is 3.60. The van der Waals surface area contributed by atoms with Crippen LogP contribution in [-0.2, 0) is 0 Å². The van der Waals surface area contributed by atoms with E-state index in [0.717, 1.165) is 19.6 Å². The molecule has 0 saturated carbocycles. The van der Waals surface area contributed by atoms with Crippen molar-refractivity contribution in [3.8, 4) is 0 Å². The molecule has 0 aliphatic rings. The van der Waals surface area contributed by atoms with Crippen molar-refractivity contribution in [1.29, 1.82) is 0 Å². The molecule has 0 aromatic carbocycles. The lowest BCUT2D eigenvalue weighted by Gasteiger charge is -2.18. The number of nitrogens with one attached hydrogen (secondary N) is 1. The lowest BCUT2D eigenvalue weighted by molar-refractivity contribution is 0.292. The molecule has 0 radical (unpaired) electrons. The van der Waals surface area contributed by atoms with Crippen molar-refractivity contribution in [2.24, 2.45) is 0 Å². The zero-order chi connectivity index (χ0) is 16.9. The van der Waals surface area contributed by atoms with Crippen LogP contribution in [0.1, 0.15) is 60.8 Å². The van der Waals surface area contributed by atoms with E-state index in [0.29, 0.717) is 0 Å². The molecule has 3 heteroatoms. The highest BCUT2D eigenvalue weighted by Gasteiger charge is 1.97. The number of hydrogen-bond acceptors (Lipinski definition) is 3. The number of likely N-dealkylation sites (N-methyl/N-ethyl adjacent to an activating group) is 1. The highest BCUT2D eigenvalue weighted by molar-refractivity contribution is 8.01. The molecule has 0 fully saturated rings. The fraction of sp³-hybridized carbons (Fsp3) is 0.778. The smallest absolute Gasteiger partial charge is 0.0269 e. The fourth-order valence-electron chi connectivity index (χ4n) is 1.72. The number of nitrogens with zero attached hydrogens (tertiary/aromatic N) is 1. The predicted molar refractivity (Wildman–Crippen MR) is 104 cm³/mol. The number of thioether (sulfide) groups is 1. The third kappa shape index (κ3) is 24.9. The van der Waals surface area contributed by atoms with Gasteiger partial charge in [0.05, 0.1) is 0 Å². The molecular formula is C18H40N2S. The quantitative estimate of drug-likeness (QED) is 0.533. The predicted octanol–water partition coefficient (Wildman–Crippen LogP) is 5.53. The molecule has 128 valence electrons. The largest absolute Gasteiger partial charge is 0.390 e. The van der Waals surface area contributed by atoms with Gasteiger partial charge in [-0.1, -0.05) is 53.2 Å². The van der Waals surface area contributed by atoms with Gasteiger partial charge in [-0.05, 0) is 50.7 Å². The summed E-state index contributed by atoms with van der Waals surface area (Å²) in [5.74, 6) is 0. The first-order valence-corrected chi connectivity index (χ1v) is 9.69. The molecule has 1 N–H and O–H groups in total. The number of allylic oxidation sites excluding steroid dienone is 1. The molecule has 0 aliphatic carbocycles. The van der Waals surface area contributed by atoms with Gasteiger partial charge in [0, 0.05) is 13.1 Å². The van der Waals surface area contributed by atoms with E-state index in [9.17, 15) is 0 Å². The van der Waals surface area contributed by atoms with E-state index in [-0.39, 0.29) is 0 Å². The van der Waals surface area contributed by atoms with Gasteiger partial charge in [0.2, 0.25) is 0 Å². The summed E-state index contributed by atoms with van der Waals surface area (Å²) in [5, 5.41) is 5.31. The van der Waals surface area contributed by atoms with E-state index in [1.807, 2.05) is 13.8 Å². The van der Waals surface area contributed by atoms with Crippen molar-refractivity contribution >= 4 is 11.8 Å². The van der Waals surface area contributed by atoms with Crippen LogP contribution in [0.4, 0.5) is 0 Å². The molecule has 0 saturated heterocycles. The maximum atomic E-state index is 3.60. The Morgan fingerprint density at radius 3 is 2.14 bits per heavy atom. The van der Waals surface area contributed by atoms with Gasteiger partial charge >= 0.3 is 0 Å². The van der Waals surface area contributed by atoms with E-state index in [2.05, 4.69) is 56.2 Å². The summed E-state index contributed by atoms with van der Waals surface area (Å²) in [6, 6.07) is 0. The third-order valence-corrected chi connectivity index (χ3v) is 3.31. The zero-order valence-electron chi connectivity index (χ0n) is 15.7. The van der Waals surface area contributed by atoms with Gasteiger partial charge in [0.15, 0.2) is 0 Å². The van der Waals surface area contributed by atoms with Crippen LogP contribution in [0.2, 0.25) is 0 Å². The monoisotopic (exact) mass is 316 g/mol. The van der Waals surface area contributed by atoms with E-state index in [4.69, 9.17) is 0 Å². The molecule has 0 aliphatic heterocycles. The van der Waals surface area contributed by atoms with Gasteiger partial charge in [-0.2, -0.15) is 0 Å². The highest BCUT2D eigenvalue weighted by atomic mass is 32.2. The summed E-state index contributed by atoms with van der Waals surface area (Å²) in [6.45, 7) is 20.9. The normalized spacial score (nSPS) is 10.2. The van der Waals surface area contributed by atoms with Crippen molar-refractivity contribution in [3.63, 3.8) is 0 Å². The minimum atomic E-state index is 1.01. The fourth-order valence-corrected chi connectivity index (χ4v) is 2.24. The van der Waals surface area contributed by atoms with Crippen LogP contribution in [0.3, 0.4) is 0 Å². The molecule has 0 bridgehead atoms. The number of hydrogen-bond donors (Lipinski definition) is 1. The van der Waals surface area contributed by atoms with Crippen LogP contribution < -0.4 is 5.32 Å². The SMILES string of the molecule is C=CNCCN(CC)CCC.CC.CCC/C(C)=C\SC. The second-order valence-electron chi connectivity index (χ2n) is 4.54. The zero-order valence-corrected chi connectivity index (χ0v) is 16.5. The van der Waals surface area contributed by atoms with Crippen LogP contribution in [0.25, 0.3) is 0 Å². The first-order chi connectivity index (χ1) is 10.2. The average molecular weight is 317 g/mol. The molecule has 0 rings (SSSR count). The summed E-state index contributed by atoms with van der Waals surface area (Å²) in [7, 11) is 0. The molecule has 0 aromatic heterocycles. The van der Waals surface area contributed by atoms with Crippen molar-refractivity contribution in [2.45, 2.75) is 60.8 Å². The summed E-state index contributed by atoms with van der Waals surface area (Å²) in [6.07, 6.45) is 7.60. The van der Waals surface area contributed by atoms with Crippen LogP contribution in [0.15, 0.2) is 23.8 Å². The van der Waals surface area contributed by atoms with Gasteiger partial charge in [0.1, 0.15) is 0 Å². The second kappa shape index (κ2) is 24.6. The van der Waals surface area contributed by atoms with Gasteiger partial charge in [-0.15, -0.1) is 11.8 Å². The molecular weight excluding hydrogens is 276 g/mol. The van der Waals surface area contributed by atoms with Crippen molar-refractivity contribution < 1.29 is 0 Å². The molecule has 0 amide bonds. The average Bonchev–Trinajstić information content (AvgIpc) is 2.50. The third-order valence-electron chi connectivity index (χ3n) is 2.67. The lowest BCUT2D eigenvalue weighted by atomic mass is 10.2. The Morgan fingerprint density at radius 2 is 1.76 bits per heavy atom. The van der Waals surface area contributed by atoms with Crippen molar-refractivity contribution in [1.82, 2.24) is 10.2 Å². The Hall–Kier alpha value is -0.410. The van der Waals surface area contributed by atoms with Crippen LogP contribution in [0.5, 0.6) is 0 Å². The lowest BCUT2D eigenvalue weighted by Crippen LogP contribution is -2.30. The minimum Gasteiger partial charge on any atom is -0.390 e. The minimum absolute atomic E-state index is 1.01. The van der Waals surface area contributed by atoms with Crippen LogP contribution in [0, 0.1) is 0 Å². The van der Waals surface area contributed by atoms with E-state index in [1.165, 1.54) is 31.4 Å². The van der Waals surface area contributed by atoms with Crippen molar-refractivity contribution in [3.05, 3.63) is 23.8 Å². The maximum Gasteiger partial charge on any atom is 0.0269 e. The van der Waals surface area contributed by atoms with E-state index < -0.39 is 0 Å². The van der Waals surface area contributed by atoms with Gasteiger partial charge < -0.3 is 10.2 Å². The molecule has 0 spiro atoms. The Balaban J connectivity index is -0.000000286. The Kier molecular flexibility index (Phi) is 29.9. The summed E-state index contributed by atoms with van der Waals surface area (Å²) >= 11 is 1.79. The summed E-state index contributed by atoms with van der Waals surface area (Å²) in [5.41, 5.74) is 1.50. The molecule has 2 nitrogen and oxygen atoms in total. The highest BCUT2D eigenvalue weighted by Crippen LogP contribution is 2.07. The first-order valence-electron chi connectivity index (χ1n) is 8.41.